The third-order valence-electron chi connectivity index (χ3n) is 3.01. The Hall–Kier alpha value is -1.24. The summed E-state index contributed by atoms with van der Waals surface area (Å²) >= 11 is 0. The van der Waals surface area contributed by atoms with Crippen LogP contribution in [0.2, 0.25) is 0 Å². The zero-order valence-corrected chi connectivity index (χ0v) is 9.39. The van der Waals surface area contributed by atoms with Crippen LogP contribution in [-0.2, 0) is 4.74 Å². The van der Waals surface area contributed by atoms with Crippen LogP contribution in [0.1, 0.15) is 40.0 Å². The summed E-state index contributed by atoms with van der Waals surface area (Å²) in [7, 11) is 0. The molecule has 3 rings (SSSR count). The molecule has 4 heteroatoms. The molecule has 1 amide bonds. The van der Waals surface area contributed by atoms with E-state index in [4.69, 9.17) is 11.3 Å². The zero-order chi connectivity index (χ0) is 11.3. The number of carbonyl (C=O) groups is 1. The van der Waals surface area contributed by atoms with Crippen molar-refractivity contribution in [1.29, 1.82) is 0 Å². The van der Waals surface area contributed by atoms with Crippen molar-refractivity contribution in [3.63, 3.8) is 0 Å². The van der Waals surface area contributed by atoms with E-state index in [2.05, 4.69) is 10.2 Å². The molecule has 15 heavy (non-hydrogen) atoms. The van der Waals surface area contributed by atoms with Crippen LogP contribution in [0, 0.1) is 6.57 Å². The number of amides is 1. The molecule has 4 nitrogen and oxygen atoms in total. The van der Waals surface area contributed by atoms with E-state index in [0.717, 1.165) is 19.3 Å². The summed E-state index contributed by atoms with van der Waals surface area (Å²) in [4.78, 5) is 15.1. The van der Waals surface area contributed by atoms with Crippen molar-refractivity contribution in [2.45, 2.75) is 56.7 Å². The first-order valence-electron chi connectivity index (χ1n) is 5.18. The van der Waals surface area contributed by atoms with E-state index in [9.17, 15) is 4.79 Å². The van der Waals surface area contributed by atoms with Gasteiger partial charge in [0.1, 0.15) is 5.60 Å². The lowest BCUT2D eigenvalue weighted by molar-refractivity contribution is -0.0556. The summed E-state index contributed by atoms with van der Waals surface area (Å²) in [5.41, 5.74) is -0.715. The Morgan fingerprint density at radius 3 is 2.33 bits per heavy atom. The van der Waals surface area contributed by atoms with Crippen LogP contribution in [0.3, 0.4) is 0 Å². The maximum Gasteiger partial charge on any atom is 0.408 e. The summed E-state index contributed by atoms with van der Waals surface area (Å²) < 4.78 is 5.17. The van der Waals surface area contributed by atoms with Gasteiger partial charge in [0.2, 0.25) is 5.54 Å². The fourth-order valence-electron chi connectivity index (χ4n) is 2.51. The highest BCUT2D eigenvalue weighted by atomic mass is 16.6. The summed E-state index contributed by atoms with van der Waals surface area (Å²) in [5.74, 6) is 0. The van der Waals surface area contributed by atoms with Crippen LogP contribution in [0.4, 0.5) is 4.79 Å². The summed E-state index contributed by atoms with van der Waals surface area (Å²) in [5, 5.41) is 2.87. The van der Waals surface area contributed by atoms with Crippen molar-refractivity contribution in [2.24, 2.45) is 0 Å². The molecule has 0 saturated heterocycles. The minimum Gasteiger partial charge on any atom is -0.444 e. The van der Waals surface area contributed by atoms with Gasteiger partial charge < -0.3 is 14.9 Å². The molecule has 0 aromatic rings. The number of hydrogen-bond acceptors (Lipinski definition) is 2. The Morgan fingerprint density at radius 1 is 1.40 bits per heavy atom. The number of nitrogens with one attached hydrogen (secondary N) is 1. The second kappa shape index (κ2) is 2.66. The Morgan fingerprint density at radius 2 is 1.93 bits per heavy atom. The van der Waals surface area contributed by atoms with E-state index < -0.39 is 5.60 Å². The molecule has 0 heterocycles. The lowest BCUT2D eigenvalue weighted by Crippen LogP contribution is -2.77. The molecule has 3 saturated carbocycles. The lowest BCUT2D eigenvalue weighted by Gasteiger charge is -2.61. The summed E-state index contributed by atoms with van der Waals surface area (Å²) in [6, 6.07) is 0. The van der Waals surface area contributed by atoms with Gasteiger partial charge in [0.15, 0.2) is 0 Å². The smallest absolute Gasteiger partial charge is 0.408 e. The predicted octanol–water partition coefficient (Wildman–Crippen LogP) is 2.11. The van der Waals surface area contributed by atoms with Gasteiger partial charge in [-0.25, -0.2) is 11.4 Å². The highest BCUT2D eigenvalue weighted by molar-refractivity contribution is 5.70. The average molecular weight is 208 g/mol. The van der Waals surface area contributed by atoms with Crippen LogP contribution < -0.4 is 5.32 Å². The molecule has 0 aromatic carbocycles. The first-order chi connectivity index (χ1) is 6.78. The predicted molar refractivity (Wildman–Crippen MR) is 55.3 cm³/mol. The van der Waals surface area contributed by atoms with Gasteiger partial charge in [-0.15, -0.1) is 0 Å². The molecule has 0 radical (unpaired) electrons. The SMILES string of the molecule is [C-]#[N+]C12CC(NC(=O)OC(C)(C)C)(C1)C2. The van der Waals surface area contributed by atoms with Gasteiger partial charge in [0.25, 0.3) is 0 Å². The first kappa shape index (κ1) is 10.3. The van der Waals surface area contributed by atoms with Crippen molar-refractivity contribution in [1.82, 2.24) is 5.32 Å². The number of alkyl carbamates (subject to hydrolysis) is 1. The van der Waals surface area contributed by atoms with E-state index >= 15 is 0 Å². The van der Waals surface area contributed by atoms with Gasteiger partial charge in [-0.05, 0) is 20.8 Å². The fraction of sp³-hybridized carbons (Fsp3) is 0.818. The van der Waals surface area contributed by atoms with Gasteiger partial charge in [-0.1, -0.05) is 0 Å². The topological polar surface area (TPSA) is 42.7 Å². The van der Waals surface area contributed by atoms with E-state index in [1.54, 1.807) is 0 Å². The molecule has 0 spiro atoms. The number of carbonyl (C=O) groups excluding carboxylic acids is 1. The standard InChI is InChI=1S/C11H16N2O2/c1-9(2,3)15-8(14)13-11-5-10(6-11,7-11)12-4/h5-7H2,1-3H3,(H,13,14). The minimum absolute atomic E-state index is 0.118. The molecule has 3 aliphatic carbocycles. The number of nitrogens with zero attached hydrogens (tertiary/aromatic N) is 1. The number of rotatable bonds is 1. The van der Waals surface area contributed by atoms with Crippen LogP contribution in [0.15, 0.2) is 0 Å². The van der Waals surface area contributed by atoms with E-state index in [1.165, 1.54) is 0 Å². The molecule has 0 aromatic heterocycles. The van der Waals surface area contributed by atoms with Gasteiger partial charge >= 0.3 is 6.09 Å². The van der Waals surface area contributed by atoms with Gasteiger partial charge in [-0.2, -0.15) is 0 Å². The second-order valence-electron chi connectivity index (χ2n) is 5.77. The van der Waals surface area contributed by atoms with Crippen molar-refractivity contribution in [3.8, 4) is 0 Å². The van der Waals surface area contributed by atoms with Gasteiger partial charge in [-0.3, -0.25) is 0 Å². The molecule has 1 N–H and O–H groups in total. The Kier molecular flexibility index (Phi) is 1.82. The lowest BCUT2D eigenvalue weighted by atomic mass is 9.44. The molecule has 0 aliphatic heterocycles. The second-order valence-corrected chi connectivity index (χ2v) is 5.77. The third kappa shape index (κ3) is 1.67. The van der Waals surface area contributed by atoms with Gasteiger partial charge in [0, 0.05) is 19.3 Å². The maximum atomic E-state index is 11.5. The van der Waals surface area contributed by atoms with E-state index in [-0.39, 0.29) is 17.2 Å². The maximum absolute atomic E-state index is 11.5. The van der Waals surface area contributed by atoms with E-state index in [1.807, 2.05) is 20.8 Å². The highest BCUT2D eigenvalue weighted by Gasteiger charge is 2.75. The summed E-state index contributed by atoms with van der Waals surface area (Å²) in [6.07, 6.45) is 2.02. The molecule has 2 bridgehead atoms. The molecule has 3 aliphatic rings. The van der Waals surface area contributed by atoms with Crippen LogP contribution in [-0.4, -0.2) is 22.8 Å². The van der Waals surface area contributed by atoms with Crippen molar-refractivity contribution in [3.05, 3.63) is 11.4 Å². The highest BCUT2D eigenvalue weighted by Crippen LogP contribution is 2.62. The van der Waals surface area contributed by atoms with E-state index in [0.29, 0.717) is 0 Å². The average Bonchev–Trinajstić information content (AvgIpc) is 1.89. The largest absolute Gasteiger partial charge is 0.444 e. The fourth-order valence-corrected chi connectivity index (χ4v) is 2.51. The van der Waals surface area contributed by atoms with Crippen LogP contribution in [0.5, 0.6) is 0 Å². The Bertz CT molecular complexity index is 329. The first-order valence-corrected chi connectivity index (χ1v) is 5.18. The van der Waals surface area contributed by atoms with Crippen molar-refractivity contribution < 1.29 is 9.53 Å². The van der Waals surface area contributed by atoms with Crippen molar-refractivity contribution in [2.75, 3.05) is 0 Å². The normalized spacial score (nSPS) is 36.9. The number of hydrogen-bond donors (Lipinski definition) is 1. The Labute approximate surface area is 89.8 Å². The molecule has 3 fully saturated rings. The molecular weight excluding hydrogens is 192 g/mol. The van der Waals surface area contributed by atoms with Gasteiger partial charge in [0.05, 0.1) is 5.54 Å². The molecule has 82 valence electrons. The molecular formula is C11H16N2O2. The molecule has 0 unspecified atom stereocenters. The Balaban J connectivity index is 1.82. The third-order valence-corrected chi connectivity index (χ3v) is 3.01. The quantitative estimate of drug-likeness (QED) is 0.670. The molecule has 0 atom stereocenters. The van der Waals surface area contributed by atoms with Crippen LogP contribution >= 0.6 is 0 Å². The van der Waals surface area contributed by atoms with Crippen molar-refractivity contribution >= 4 is 6.09 Å². The summed E-state index contributed by atoms with van der Waals surface area (Å²) in [6.45, 7) is 12.5. The monoisotopic (exact) mass is 208 g/mol. The van der Waals surface area contributed by atoms with Crippen LogP contribution in [0.25, 0.3) is 4.85 Å². The minimum atomic E-state index is -0.453. The number of ether oxygens (including phenoxy) is 1. The zero-order valence-electron chi connectivity index (χ0n) is 9.39.